The zero-order chi connectivity index (χ0) is 14.9. The summed E-state index contributed by atoms with van der Waals surface area (Å²) in [7, 11) is -0.637. The molecule has 0 aromatic heterocycles. The number of nitrogens with zero attached hydrogens (tertiary/aromatic N) is 1. The average molecular weight is 384 g/mol. The Balaban J connectivity index is 2.48. The number of rotatable bonds is 4. The van der Waals surface area contributed by atoms with Crippen LogP contribution in [0.3, 0.4) is 0 Å². The fourth-order valence-corrected chi connectivity index (χ4v) is 4.98. The summed E-state index contributed by atoms with van der Waals surface area (Å²) in [6.07, 6.45) is 0.791. The predicted octanol–water partition coefficient (Wildman–Crippen LogP) is 2.09. The molecule has 0 radical (unpaired) electrons. The van der Waals surface area contributed by atoms with Crippen LogP contribution in [0, 0.1) is 0 Å². The maximum atomic E-state index is 12.7. The fraction of sp³-hybridized carbons (Fsp3) is 0.500. The van der Waals surface area contributed by atoms with Crippen molar-refractivity contribution in [1.82, 2.24) is 9.62 Å². The Bertz CT molecular complexity index is 603. The second-order valence-electron chi connectivity index (χ2n) is 4.59. The Kier molecular flexibility index (Phi) is 4.96. The van der Waals surface area contributed by atoms with Gasteiger partial charge in [0, 0.05) is 24.7 Å². The Morgan fingerprint density at radius 2 is 2.20 bits per heavy atom. The van der Waals surface area contributed by atoms with Crippen molar-refractivity contribution < 1.29 is 13.2 Å². The highest BCUT2D eigenvalue weighted by atomic mass is 79.9. The van der Waals surface area contributed by atoms with Gasteiger partial charge in [-0.05, 0) is 41.0 Å². The van der Waals surface area contributed by atoms with E-state index in [9.17, 15) is 8.42 Å². The van der Waals surface area contributed by atoms with E-state index in [2.05, 4.69) is 21.2 Å². The molecule has 0 bridgehead atoms. The van der Waals surface area contributed by atoms with Crippen LogP contribution in [-0.2, 0) is 10.0 Å². The molecule has 1 aliphatic heterocycles. The molecule has 1 fully saturated rings. The number of sulfonamides is 1. The first-order valence-electron chi connectivity index (χ1n) is 6.09. The monoisotopic (exact) mass is 382 g/mol. The summed E-state index contributed by atoms with van der Waals surface area (Å²) in [6, 6.07) is 2.97. The second kappa shape index (κ2) is 6.19. The van der Waals surface area contributed by atoms with Crippen molar-refractivity contribution in [1.29, 1.82) is 0 Å². The highest BCUT2D eigenvalue weighted by Crippen LogP contribution is 2.37. The molecule has 1 aromatic carbocycles. The van der Waals surface area contributed by atoms with Crippen LogP contribution in [0.4, 0.5) is 0 Å². The predicted molar refractivity (Wildman–Crippen MR) is 81.9 cm³/mol. The van der Waals surface area contributed by atoms with Crippen LogP contribution in [0.25, 0.3) is 0 Å². The molecule has 1 saturated heterocycles. The smallest absolute Gasteiger partial charge is 0.246 e. The normalized spacial score (nSPS) is 19.6. The van der Waals surface area contributed by atoms with E-state index in [1.165, 1.54) is 17.5 Å². The molecule has 0 amide bonds. The van der Waals surface area contributed by atoms with Crippen molar-refractivity contribution in [2.45, 2.75) is 17.4 Å². The lowest BCUT2D eigenvalue weighted by Crippen LogP contribution is -2.38. The first-order valence-corrected chi connectivity index (χ1v) is 8.71. The number of nitrogens with one attached hydrogen (secondary N) is 1. The molecule has 20 heavy (non-hydrogen) atoms. The Hall–Kier alpha value is -0.340. The van der Waals surface area contributed by atoms with E-state index < -0.39 is 10.0 Å². The zero-order valence-electron chi connectivity index (χ0n) is 11.2. The highest BCUT2D eigenvalue weighted by molar-refractivity contribution is 9.10. The third kappa shape index (κ3) is 2.96. The SMILES string of the molecule is COc1c(Br)cc(Cl)cc1S(=O)(=O)N(C)C1CCNC1. The molecule has 1 aromatic rings. The summed E-state index contributed by atoms with van der Waals surface area (Å²) in [6.45, 7) is 1.47. The van der Waals surface area contributed by atoms with E-state index in [0.717, 1.165) is 13.0 Å². The molecule has 1 atom stereocenters. The van der Waals surface area contributed by atoms with Gasteiger partial charge in [0.2, 0.25) is 10.0 Å². The van der Waals surface area contributed by atoms with Gasteiger partial charge in [-0.2, -0.15) is 4.31 Å². The third-order valence-corrected chi connectivity index (χ3v) is 6.11. The minimum Gasteiger partial charge on any atom is -0.494 e. The van der Waals surface area contributed by atoms with Crippen molar-refractivity contribution >= 4 is 37.6 Å². The molecule has 0 aliphatic carbocycles. The molecule has 1 unspecified atom stereocenters. The molecule has 2 rings (SSSR count). The number of likely N-dealkylation sites (N-methyl/N-ethyl adjacent to an activating group) is 1. The van der Waals surface area contributed by atoms with Crippen LogP contribution in [0.1, 0.15) is 6.42 Å². The van der Waals surface area contributed by atoms with Gasteiger partial charge in [0.05, 0.1) is 11.6 Å². The van der Waals surface area contributed by atoms with Gasteiger partial charge in [-0.25, -0.2) is 8.42 Å². The fourth-order valence-electron chi connectivity index (χ4n) is 2.23. The first-order chi connectivity index (χ1) is 9.37. The Morgan fingerprint density at radius 3 is 2.75 bits per heavy atom. The van der Waals surface area contributed by atoms with Crippen molar-refractivity contribution in [3.8, 4) is 5.75 Å². The molecule has 0 saturated carbocycles. The Labute approximate surface area is 132 Å². The maximum Gasteiger partial charge on any atom is 0.246 e. The quantitative estimate of drug-likeness (QED) is 0.865. The number of hydrogen-bond donors (Lipinski definition) is 1. The van der Waals surface area contributed by atoms with Crippen molar-refractivity contribution in [3.05, 3.63) is 21.6 Å². The van der Waals surface area contributed by atoms with E-state index in [-0.39, 0.29) is 16.7 Å². The van der Waals surface area contributed by atoms with Crippen molar-refractivity contribution in [3.63, 3.8) is 0 Å². The van der Waals surface area contributed by atoms with Gasteiger partial charge in [-0.15, -0.1) is 0 Å². The highest BCUT2D eigenvalue weighted by Gasteiger charge is 2.33. The summed E-state index contributed by atoms with van der Waals surface area (Å²) in [5.74, 6) is 0.271. The average Bonchev–Trinajstić information content (AvgIpc) is 2.90. The lowest BCUT2D eigenvalue weighted by Gasteiger charge is -2.24. The number of methoxy groups -OCH3 is 1. The summed E-state index contributed by atoms with van der Waals surface area (Å²) in [5, 5.41) is 3.50. The largest absolute Gasteiger partial charge is 0.494 e. The summed E-state index contributed by atoms with van der Waals surface area (Å²) >= 11 is 9.25. The van der Waals surface area contributed by atoms with Gasteiger partial charge in [0.1, 0.15) is 4.90 Å². The molecule has 1 aliphatic rings. The van der Waals surface area contributed by atoms with Crippen LogP contribution < -0.4 is 10.1 Å². The summed E-state index contributed by atoms with van der Waals surface area (Å²) in [5.41, 5.74) is 0. The van der Waals surface area contributed by atoms with Crippen LogP contribution in [0.15, 0.2) is 21.5 Å². The number of ether oxygens (including phenoxy) is 1. The van der Waals surface area contributed by atoms with E-state index in [4.69, 9.17) is 16.3 Å². The first kappa shape index (κ1) is 16.0. The number of halogens is 2. The minimum atomic E-state index is -3.66. The molecule has 1 N–H and O–H groups in total. The molecule has 1 heterocycles. The van der Waals surface area contributed by atoms with Crippen LogP contribution in [-0.4, -0.2) is 46.0 Å². The summed E-state index contributed by atoms with van der Waals surface area (Å²) in [4.78, 5) is 0.0776. The number of hydrogen-bond acceptors (Lipinski definition) is 4. The van der Waals surface area contributed by atoms with Gasteiger partial charge in [0.15, 0.2) is 5.75 Å². The van der Waals surface area contributed by atoms with E-state index in [1.807, 2.05) is 0 Å². The standard InChI is InChI=1S/C12H16BrClN2O3S/c1-16(9-3-4-15-7-9)20(17,18)11-6-8(14)5-10(13)12(11)19-2/h5-6,9,15H,3-4,7H2,1-2H3. The van der Waals surface area contributed by atoms with Crippen LogP contribution >= 0.6 is 27.5 Å². The van der Waals surface area contributed by atoms with Gasteiger partial charge in [-0.3, -0.25) is 0 Å². The molecule has 8 heteroatoms. The second-order valence-corrected chi connectivity index (χ2v) is 7.84. The van der Waals surface area contributed by atoms with E-state index in [0.29, 0.717) is 16.0 Å². The molecule has 0 spiro atoms. The lowest BCUT2D eigenvalue weighted by molar-refractivity contribution is 0.375. The molecular weight excluding hydrogens is 368 g/mol. The molecule has 5 nitrogen and oxygen atoms in total. The summed E-state index contributed by atoms with van der Waals surface area (Å²) < 4.78 is 32.6. The van der Waals surface area contributed by atoms with Gasteiger partial charge < -0.3 is 10.1 Å². The third-order valence-electron chi connectivity index (χ3n) is 3.38. The Morgan fingerprint density at radius 1 is 1.50 bits per heavy atom. The topological polar surface area (TPSA) is 58.6 Å². The maximum absolute atomic E-state index is 12.7. The van der Waals surface area contributed by atoms with Gasteiger partial charge in [-0.1, -0.05) is 11.6 Å². The van der Waals surface area contributed by atoms with E-state index in [1.54, 1.807) is 13.1 Å². The molecular formula is C12H16BrClN2O3S. The van der Waals surface area contributed by atoms with Crippen molar-refractivity contribution in [2.24, 2.45) is 0 Å². The van der Waals surface area contributed by atoms with E-state index >= 15 is 0 Å². The van der Waals surface area contributed by atoms with Crippen LogP contribution in [0.2, 0.25) is 5.02 Å². The zero-order valence-corrected chi connectivity index (χ0v) is 14.3. The van der Waals surface area contributed by atoms with Crippen LogP contribution in [0.5, 0.6) is 5.75 Å². The van der Waals surface area contributed by atoms with Gasteiger partial charge >= 0.3 is 0 Å². The molecule has 112 valence electrons. The minimum absolute atomic E-state index is 0.0533. The van der Waals surface area contributed by atoms with Crippen molar-refractivity contribution in [2.75, 3.05) is 27.2 Å². The lowest BCUT2D eigenvalue weighted by atomic mass is 10.3. The number of benzene rings is 1. The van der Waals surface area contributed by atoms with Gasteiger partial charge in [0.25, 0.3) is 0 Å².